The highest BCUT2D eigenvalue weighted by Crippen LogP contribution is 2.35. The lowest BCUT2D eigenvalue weighted by atomic mass is 10.2. The molecule has 2 nitrogen and oxygen atoms in total. The fourth-order valence-electron chi connectivity index (χ4n) is 0.822. The van der Waals surface area contributed by atoms with Crippen LogP contribution in [0, 0.1) is 0 Å². The summed E-state index contributed by atoms with van der Waals surface area (Å²) in [7, 11) is 0. The van der Waals surface area contributed by atoms with Gasteiger partial charge in [-0.1, -0.05) is 0 Å². The standard InChI is InChI=1S/C7H5F3INO/c8-7(9,10)6(12-4-11)5-2-1-3-13-5/h1-4,6H/t6-/m1/s1. The van der Waals surface area contributed by atoms with Gasteiger partial charge >= 0.3 is 6.18 Å². The molecule has 0 aliphatic carbocycles. The minimum Gasteiger partial charge on any atom is -0.467 e. The SMILES string of the molecule is FC(F)(F)[C@H](N=CI)c1ccco1. The topological polar surface area (TPSA) is 25.5 Å². The second-order valence-corrected chi connectivity index (χ2v) is 2.76. The average Bonchev–Trinajstić information content (AvgIpc) is 2.49. The lowest BCUT2D eigenvalue weighted by molar-refractivity contribution is -0.151. The quantitative estimate of drug-likeness (QED) is 0.607. The fourth-order valence-corrected chi connectivity index (χ4v) is 1.14. The molecule has 0 aliphatic heterocycles. The first-order chi connectivity index (χ1) is 6.05. The van der Waals surface area contributed by atoms with Gasteiger partial charge in [0.2, 0.25) is 6.04 Å². The first kappa shape index (κ1) is 10.6. The van der Waals surface area contributed by atoms with Gasteiger partial charge in [0.05, 0.1) is 10.5 Å². The van der Waals surface area contributed by atoms with Crippen molar-refractivity contribution in [2.75, 3.05) is 0 Å². The second-order valence-electron chi connectivity index (χ2n) is 2.21. The van der Waals surface area contributed by atoms with Crippen LogP contribution in [0.25, 0.3) is 0 Å². The summed E-state index contributed by atoms with van der Waals surface area (Å²) in [4.78, 5) is 3.28. The van der Waals surface area contributed by atoms with E-state index in [1.807, 2.05) is 0 Å². The summed E-state index contributed by atoms with van der Waals surface area (Å²) in [6.07, 6.45) is -3.21. The molecule has 1 aromatic rings. The van der Waals surface area contributed by atoms with Gasteiger partial charge in [0.15, 0.2) is 0 Å². The van der Waals surface area contributed by atoms with E-state index >= 15 is 0 Å². The number of alkyl halides is 3. The summed E-state index contributed by atoms with van der Waals surface area (Å²) in [5.74, 6) is -0.194. The smallest absolute Gasteiger partial charge is 0.418 e. The van der Waals surface area contributed by atoms with E-state index in [9.17, 15) is 13.2 Å². The Bertz CT molecular complexity index is 280. The predicted molar refractivity (Wildman–Crippen MR) is 50.0 cm³/mol. The third-order valence-corrected chi connectivity index (χ3v) is 1.65. The predicted octanol–water partition coefficient (Wildman–Crippen LogP) is 3.35. The van der Waals surface area contributed by atoms with E-state index in [1.54, 1.807) is 22.6 Å². The molecule has 0 spiro atoms. The molecule has 0 aromatic carbocycles. The molecule has 0 saturated carbocycles. The Kier molecular flexibility index (Phi) is 3.34. The number of hydrogen-bond acceptors (Lipinski definition) is 2. The third kappa shape index (κ3) is 2.71. The summed E-state index contributed by atoms with van der Waals surface area (Å²) in [6, 6.07) is 0.762. The van der Waals surface area contributed by atoms with Crippen molar-refractivity contribution < 1.29 is 17.6 Å². The van der Waals surface area contributed by atoms with Crippen molar-refractivity contribution in [3.63, 3.8) is 0 Å². The summed E-state index contributed by atoms with van der Waals surface area (Å²) < 4.78 is 42.6. The lowest BCUT2D eigenvalue weighted by Crippen LogP contribution is -2.18. The van der Waals surface area contributed by atoms with Gasteiger partial charge in [0.25, 0.3) is 0 Å². The van der Waals surface area contributed by atoms with E-state index in [2.05, 4.69) is 9.41 Å². The Morgan fingerprint density at radius 1 is 1.54 bits per heavy atom. The highest BCUT2D eigenvalue weighted by atomic mass is 127. The largest absolute Gasteiger partial charge is 0.467 e. The molecule has 1 aromatic heterocycles. The van der Waals surface area contributed by atoms with E-state index in [4.69, 9.17) is 0 Å². The summed E-state index contributed by atoms with van der Waals surface area (Å²) in [5, 5.41) is 0. The summed E-state index contributed by atoms with van der Waals surface area (Å²) in [6.45, 7) is 0. The number of aliphatic imine (C=N–C) groups is 1. The van der Waals surface area contributed by atoms with Crippen LogP contribution in [0.15, 0.2) is 27.8 Å². The van der Waals surface area contributed by atoms with Crippen LogP contribution in [-0.2, 0) is 0 Å². The van der Waals surface area contributed by atoms with E-state index in [0.29, 0.717) is 0 Å². The van der Waals surface area contributed by atoms with Crippen molar-refractivity contribution in [2.45, 2.75) is 12.2 Å². The molecular weight excluding hydrogens is 298 g/mol. The van der Waals surface area contributed by atoms with Crippen LogP contribution in [0.2, 0.25) is 0 Å². The van der Waals surface area contributed by atoms with Gasteiger partial charge in [-0.15, -0.1) is 0 Å². The molecule has 0 radical (unpaired) electrons. The van der Waals surface area contributed by atoms with Crippen molar-refractivity contribution in [3.8, 4) is 0 Å². The van der Waals surface area contributed by atoms with Gasteiger partial charge in [0.1, 0.15) is 5.76 Å². The van der Waals surface area contributed by atoms with Gasteiger partial charge in [-0.25, -0.2) is 0 Å². The summed E-state index contributed by atoms with van der Waals surface area (Å²) >= 11 is 1.63. The zero-order valence-corrected chi connectivity index (χ0v) is 8.41. The fraction of sp³-hybridized carbons (Fsp3) is 0.286. The highest BCUT2D eigenvalue weighted by Gasteiger charge is 2.42. The van der Waals surface area contributed by atoms with Crippen molar-refractivity contribution in [1.29, 1.82) is 0 Å². The molecular formula is C7H5F3INO. The van der Waals surface area contributed by atoms with Crippen LogP contribution >= 0.6 is 22.6 Å². The Labute approximate surface area is 86.0 Å². The van der Waals surface area contributed by atoms with Crippen LogP contribution in [-0.4, -0.2) is 10.4 Å². The minimum atomic E-state index is -4.40. The number of nitrogens with zero attached hydrogens (tertiary/aromatic N) is 1. The number of furan rings is 1. The van der Waals surface area contributed by atoms with Gasteiger partial charge < -0.3 is 4.42 Å². The van der Waals surface area contributed by atoms with Gasteiger partial charge in [0, 0.05) is 0 Å². The first-order valence-corrected chi connectivity index (χ1v) is 4.52. The Hall–Kier alpha value is -0.530. The highest BCUT2D eigenvalue weighted by molar-refractivity contribution is 14.1. The molecule has 0 aliphatic rings. The lowest BCUT2D eigenvalue weighted by Gasteiger charge is -2.12. The molecule has 1 atom stereocenters. The molecule has 13 heavy (non-hydrogen) atoms. The molecule has 72 valence electrons. The maximum atomic E-state index is 12.3. The Balaban J connectivity index is 2.94. The Morgan fingerprint density at radius 3 is 2.62 bits per heavy atom. The molecule has 6 heteroatoms. The molecule has 0 bridgehead atoms. The molecule has 1 heterocycles. The minimum absolute atomic E-state index is 0.194. The number of halogens is 4. The molecule has 0 amide bonds. The zero-order valence-electron chi connectivity index (χ0n) is 6.25. The van der Waals surface area contributed by atoms with Crippen molar-refractivity contribution in [1.82, 2.24) is 0 Å². The van der Waals surface area contributed by atoms with Crippen LogP contribution < -0.4 is 0 Å². The maximum Gasteiger partial charge on any atom is 0.418 e. The van der Waals surface area contributed by atoms with Crippen molar-refractivity contribution in [3.05, 3.63) is 24.2 Å². The number of rotatable bonds is 2. The Morgan fingerprint density at radius 2 is 2.23 bits per heavy atom. The van der Waals surface area contributed by atoms with Crippen LogP contribution in [0.3, 0.4) is 0 Å². The van der Waals surface area contributed by atoms with Crippen molar-refractivity contribution in [2.24, 2.45) is 4.99 Å². The van der Waals surface area contributed by atoms with Gasteiger partial charge in [-0.2, -0.15) is 13.2 Å². The second kappa shape index (κ2) is 4.12. The van der Waals surface area contributed by atoms with E-state index in [-0.39, 0.29) is 5.76 Å². The third-order valence-electron chi connectivity index (χ3n) is 1.33. The molecule has 0 unspecified atom stereocenters. The van der Waals surface area contributed by atoms with E-state index < -0.39 is 12.2 Å². The molecule has 0 N–H and O–H groups in total. The first-order valence-electron chi connectivity index (χ1n) is 3.27. The maximum absolute atomic E-state index is 12.3. The molecule has 1 rings (SSSR count). The molecule has 0 saturated heterocycles. The van der Waals surface area contributed by atoms with E-state index in [0.717, 1.165) is 4.22 Å². The van der Waals surface area contributed by atoms with Gasteiger partial charge in [-0.3, -0.25) is 4.99 Å². The van der Waals surface area contributed by atoms with Crippen molar-refractivity contribution >= 4 is 26.8 Å². The molecule has 0 fully saturated rings. The van der Waals surface area contributed by atoms with E-state index in [1.165, 1.54) is 18.4 Å². The van der Waals surface area contributed by atoms with Crippen LogP contribution in [0.1, 0.15) is 11.8 Å². The number of hydrogen-bond donors (Lipinski definition) is 0. The zero-order chi connectivity index (χ0) is 9.90. The van der Waals surface area contributed by atoms with Crippen LogP contribution in [0.4, 0.5) is 13.2 Å². The van der Waals surface area contributed by atoms with Gasteiger partial charge in [-0.05, 0) is 34.7 Å². The average molecular weight is 303 g/mol. The monoisotopic (exact) mass is 303 g/mol. The van der Waals surface area contributed by atoms with Crippen LogP contribution in [0.5, 0.6) is 0 Å². The normalized spacial score (nSPS) is 15.1. The summed E-state index contributed by atoms with van der Waals surface area (Å²) in [5.41, 5.74) is 0.